The third-order valence-electron chi connectivity index (χ3n) is 3.33. The summed E-state index contributed by atoms with van der Waals surface area (Å²) in [6.07, 6.45) is 0.779. The van der Waals surface area contributed by atoms with E-state index in [2.05, 4.69) is 15.6 Å². The Labute approximate surface area is 127 Å². The van der Waals surface area contributed by atoms with Crippen LogP contribution in [0.15, 0.2) is 29.6 Å². The number of thiazole rings is 1. The van der Waals surface area contributed by atoms with Gasteiger partial charge in [0.2, 0.25) is 0 Å². The fraction of sp³-hybridized carbons (Fsp3) is 0.333. The fourth-order valence-electron chi connectivity index (χ4n) is 2.34. The van der Waals surface area contributed by atoms with Gasteiger partial charge in [-0.15, -0.1) is 11.3 Å². The number of aryl methyl sites for hydroxylation is 1. The van der Waals surface area contributed by atoms with Crippen LogP contribution in [0.3, 0.4) is 0 Å². The van der Waals surface area contributed by atoms with Crippen LogP contribution < -0.4 is 15.4 Å². The quantitative estimate of drug-likeness (QED) is 0.916. The van der Waals surface area contributed by atoms with Crippen molar-refractivity contribution in [3.8, 4) is 5.75 Å². The second kappa shape index (κ2) is 6.13. The van der Waals surface area contributed by atoms with Gasteiger partial charge in [-0.2, -0.15) is 0 Å². The lowest BCUT2D eigenvalue weighted by Crippen LogP contribution is -2.39. The molecule has 6 heteroatoms. The molecule has 1 aromatic carbocycles. The van der Waals surface area contributed by atoms with E-state index < -0.39 is 0 Å². The Kier molecular flexibility index (Phi) is 4.06. The molecule has 110 valence electrons. The predicted octanol–water partition coefficient (Wildman–Crippen LogP) is 2.77. The van der Waals surface area contributed by atoms with E-state index in [9.17, 15) is 4.79 Å². The Morgan fingerprint density at radius 2 is 2.33 bits per heavy atom. The minimum absolute atomic E-state index is 0.00650. The summed E-state index contributed by atoms with van der Waals surface area (Å²) in [5.74, 6) is 0.851. The highest BCUT2D eigenvalue weighted by molar-refractivity contribution is 7.09. The molecule has 3 rings (SSSR count). The molecule has 0 bridgehead atoms. The Bertz CT molecular complexity index is 641. The van der Waals surface area contributed by atoms with Crippen molar-refractivity contribution in [1.82, 2.24) is 15.6 Å². The smallest absolute Gasteiger partial charge is 0.315 e. The number of nitrogens with zero attached hydrogens (tertiary/aromatic N) is 1. The number of rotatable bonds is 3. The maximum atomic E-state index is 12.0. The average Bonchev–Trinajstić information content (AvgIpc) is 2.91. The Balaban J connectivity index is 1.58. The van der Waals surface area contributed by atoms with Crippen LogP contribution in [-0.2, 0) is 6.54 Å². The Morgan fingerprint density at radius 3 is 3.14 bits per heavy atom. The van der Waals surface area contributed by atoms with Crippen LogP contribution in [0.25, 0.3) is 0 Å². The maximum absolute atomic E-state index is 12.0. The van der Waals surface area contributed by atoms with Gasteiger partial charge in [-0.05, 0) is 13.0 Å². The first-order valence-corrected chi connectivity index (χ1v) is 7.77. The van der Waals surface area contributed by atoms with Crippen LogP contribution in [-0.4, -0.2) is 17.6 Å². The van der Waals surface area contributed by atoms with E-state index >= 15 is 0 Å². The summed E-state index contributed by atoms with van der Waals surface area (Å²) in [5, 5.41) is 8.73. The second-order valence-corrected chi connectivity index (χ2v) is 5.88. The van der Waals surface area contributed by atoms with Gasteiger partial charge in [0.25, 0.3) is 0 Å². The number of benzene rings is 1. The first-order chi connectivity index (χ1) is 10.2. The third-order valence-corrected chi connectivity index (χ3v) is 4.30. The molecule has 5 nitrogen and oxygen atoms in total. The first-order valence-electron chi connectivity index (χ1n) is 6.89. The van der Waals surface area contributed by atoms with Gasteiger partial charge in [0.1, 0.15) is 10.8 Å². The van der Waals surface area contributed by atoms with Crippen LogP contribution >= 0.6 is 11.3 Å². The number of fused-ring (bicyclic) bond motifs is 1. The van der Waals surface area contributed by atoms with Crippen LogP contribution in [0.5, 0.6) is 5.75 Å². The van der Waals surface area contributed by atoms with Crippen molar-refractivity contribution in [3.05, 3.63) is 45.9 Å². The van der Waals surface area contributed by atoms with Gasteiger partial charge >= 0.3 is 6.03 Å². The van der Waals surface area contributed by atoms with Crippen molar-refractivity contribution in [1.29, 1.82) is 0 Å². The van der Waals surface area contributed by atoms with Crippen molar-refractivity contribution < 1.29 is 9.53 Å². The van der Waals surface area contributed by atoms with Crippen molar-refractivity contribution in [2.75, 3.05) is 6.61 Å². The maximum Gasteiger partial charge on any atom is 0.315 e. The van der Waals surface area contributed by atoms with E-state index in [1.54, 1.807) is 11.3 Å². The minimum Gasteiger partial charge on any atom is -0.493 e. The molecule has 2 aromatic rings. The van der Waals surface area contributed by atoms with Gasteiger partial charge < -0.3 is 15.4 Å². The first kappa shape index (κ1) is 13.9. The zero-order valence-corrected chi connectivity index (χ0v) is 12.6. The standard InChI is InChI=1S/C15H17N3O2S/c1-10-9-21-14(17-10)8-16-15(19)18-12-6-7-20-13-5-3-2-4-11(12)13/h2-5,9,12H,6-8H2,1H3,(H2,16,18,19)/t12-/m1/s1. The van der Waals surface area contributed by atoms with E-state index in [-0.39, 0.29) is 12.1 Å². The van der Waals surface area contributed by atoms with Gasteiger partial charge in [-0.25, -0.2) is 9.78 Å². The van der Waals surface area contributed by atoms with E-state index in [0.717, 1.165) is 28.4 Å². The molecule has 0 unspecified atom stereocenters. The molecule has 2 heterocycles. The van der Waals surface area contributed by atoms with Crippen LogP contribution in [0, 0.1) is 6.92 Å². The van der Waals surface area contributed by atoms with E-state index in [4.69, 9.17) is 4.74 Å². The largest absolute Gasteiger partial charge is 0.493 e. The number of aromatic nitrogens is 1. The van der Waals surface area contributed by atoms with E-state index in [1.165, 1.54) is 0 Å². The van der Waals surface area contributed by atoms with Gasteiger partial charge in [0.15, 0.2) is 0 Å². The monoisotopic (exact) mass is 303 g/mol. The van der Waals surface area contributed by atoms with Crippen LogP contribution in [0.4, 0.5) is 4.79 Å². The third kappa shape index (κ3) is 3.33. The van der Waals surface area contributed by atoms with Crippen LogP contribution in [0.1, 0.15) is 28.7 Å². The van der Waals surface area contributed by atoms with Crippen molar-refractivity contribution in [2.45, 2.75) is 25.9 Å². The number of urea groups is 1. The molecule has 21 heavy (non-hydrogen) atoms. The zero-order valence-electron chi connectivity index (χ0n) is 11.8. The number of amides is 2. The molecule has 1 atom stereocenters. The highest BCUT2D eigenvalue weighted by Gasteiger charge is 2.22. The second-order valence-electron chi connectivity index (χ2n) is 4.94. The molecular formula is C15H17N3O2S. The molecular weight excluding hydrogens is 286 g/mol. The Morgan fingerprint density at radius 1 is 1.48 bits per heavy atom. The lowest BCUT2D eigenvalue weighted by molar-refractivity contribution is 0.223. The lowest BCUT2D eigenvalue weighted by Gasteiger charge is -2.26. The normalized spacial score (nSPS) is 16.7. The number of carbonyl (C=O) groups excluding carboxylic acids is 1. The van der Waals surface area contributed by atoms with Gasteiger partial charge in [-0.3, -0.25) is 0 Å². The topological polar surface area (TPSA) is 63.2 Å². The molecule has 0 spiro atoms. The molecule has 0 aliphatic carbocycles. The summed E-state index contributed by atoms with van der Waals surface area (Å²) in [4.78, 5) is 16.3. The molecule has 1 aliphatic rings. The summed E-state index contributed by atoms with van der Waals surface area (Å²) < 4.78 is 5.59. The fourth-order valence-corrected chi connectivity index (χ4v) is 3.05. The molecule has 0 radical (unpaired) electrons. The number of carbonyl (C=O) groups is 1. The highest BCUT2D eigenvalue weighted by Crippen LogP contribution is 2.31. The Hall–Kier alpha value is -2.08. The van der Waals surface area contributed by atoms with Gasteiger partial charge in [0.05, 0.1) is 19.2 Å². The number of hydrogen-bond acceptors (Lipinski definition) is 4. The van der Waals surface area contributed by atoms with Gasteiger partial charge in [0, 0.05) is 23.1 Å². The highest BCUT2D eigenvalue weighted by atomic mass is 32.1. The SMILES string of the molecule is Cc1csc(CNC(=O)N[C@@H]2CCOc3ccccc32)n1. The molecule has 1 aromatic heterocycles. The molecule has 0 saturated carbocycles. The summed E-state index contributed by atoms with van der Waals surface area (Å²) >= 11 is 1.55. The minimum atomic E-state index is -0.176. The summed E-state index contributed by atoms with van der Waals surface area (Å²) in [6.45, 7) is 3.02. The predicted molar refractivity (Wildman–Crippen MR) is 81.5 cm³/mol. The van der Waals surface area contributed by atoms with Crippen molar-refractivity contribution >= 4 is 17.4 Å². The number of para-hydroxylation sites is 1. The van der Waals surface area contributed by atoms with Crippen LogP contribution in [0.2, 0.25) is 0 Å². The lowest BCUT2D eigenvalue weighted by atomic mass is 10.0. The molecule has 2 amide bonds. The number of hydrogen-bond donors (Lipinski definition) is 2. The summed E-state index contributed by atoms with van der Waals surface area (Å²) in [6, 6.07) is 7.63. The molecule has 2 N–H and O–H groups in total. The molecule has 0 saturated heterocycles. The summed E-state index contributed by atoms with van der Waals surface area (Å²) in [7, 11) is 0. The number of ether oxygens (including phenoxy) is 1. The van der Waals surface area contributed by atoms with E-state index in [0.29, 0.717) is 13.2 Å². The summed E-state index contributed by atoms with van der Waals surface area (Å²) in [5.41, 5.74) is 2.01. The number of nitrogens with one attached hydrogen (secondary N) is 2. The molecule has 1 aliphatic heterocycles. The van der Waals surface area contributed by atoms with Crippen molar-refractivity contribution in [2.24, 2.45) is 0 Å². The van der Waals surface area contributed by atoms with Gasteiger partial charge in [-0.1, -0.05) is 18.2 Å². The van der Waals surface area contributed by atoms with Crippen molar-refractivity contribution in [3.63, 3.8) is 0 Å². The average molecular weight is 303 g/mol. The molecule has 0 fully saturated rings. The van der Waals surface area contributed by atoms with E-state index in [1.807, 2.05) is 36.6 Å². The zero-order chi connectivity index (χ0) is 14.7.